The predicted molar refractivity (Wildman–Crippen MR) is 45.2 cm³/mol. The quantitative estimate of drug-likeness (QED) is 0.562. The van der Waals surface area contributed by atoms with Crippen molar-refractivity contribution in [1.82, 2.24) is 9.97 Å². The smallest absolute Gasteiger partial charge is 0.106 e. The van der Waals surface area contributed by atoms with E-state index in [1.807, 2.05) is 6.07 Å². The zero-order valence-corrected chi connectivity index (χ0v) is 6.20. The highest BCUT2D eigenvalue weighted by Gasteiger charge is 2.03. The summed E-state index contributed by atoms with van der Waals surface area (Å²) < 4.78 is 0. The number of nitrogens with zero attached hydrogens (tertiary/aromatic N) is 2. The van der Waals surface area contributed by atoms with Crippen LogP contribution < -0.4 is 5.73 Å². The van der Waals surface area contributed by atoms with Gasteiger partial charge in [0, 0.05) is 5.69 Å². The van der Waals surface area contributed by atoms with Crippen LogP contribution in [-0.4, -0.2) is 9.97 Å². The number of hydrogen-bond donors (Lipinski definition) is 2. The fourth-order valence-corrected chi connectivity index (χ4v) is 1.16. The monoisotopic (exact) mass is 158 g/mol. The van der Waals surface area contributed by atoms with Gasteiger partial charge in [-0.1, -0.05) is 0 Å². The van der Waals surface area contributed by atoms with Crippen molar-refractivity contribution < 1.29 is 0 Å². The van der Waals surface area contributed by atoms with Gasteiger partial charge in [-0.05, 0) is 12.1 Å². The first-order valence-corrected chi connectivity index (χ1v) is 3.44. The number of fused-ring (bicyclic) bond motifs is 1. The van der Waals surface area contributed by atoms with Crippen molar-refractivity contribution in [3.63, 3.8) is 0 Å². The van der Waals surface area contributed by atoms with Gasteiger partial charge in [0.1, 0.15) is 11.6 Å². The van der Waals surface area contributed by atoms with Crippen LogP contribution >= 0.6 is 0 Å². The van der Waals surface area contributed by atoms with Gasteiger partial charge in [-0.2, -0.15) is 5.26 Å². The second kappa shape index (κ2) is 2.24. The highest BCUT2D eigenvalue weighted by molar-refractivity contribution is 5.84. The van der Waals surface area contributed by atoms with Gasteiger partial charge in [0.2, 0.25) is 0 Å². The molecule has 3 N–H and O–H groups in total. The van der Waals surface area contributed by atoms with Crippen LogP contribution in [-0.2, 0) is 0 Å². The lowest BCUT2D eigenvalue weighted by Crippen LogP contribution is -1.87. The number of nitrogens with two attached hydrogens (primary N) is 1. The molecule has 12 heavy (non-hydrogen) atoms. The van der Waals surface area contributed by atoms with Gasteiger partial charge in [0.15, 0.2) is 0 Å². The minimum atomic E-state index is 0.506. The summed E-state index contributed by atoms with van der Waals surface area (Å²) in [6, 6.07) is 5.40. The third-order valence-corrected chi connectivity index (χ3v) is 1.67. The Morgan fingerprint density at radius 2 is 2.33 bits per heavy atom. The zero-order valence-electron chi connectivity index (χ0n) is 6.20. The molecule has 0 saturated carbocycles. The van der Waals surface area contributed by atoms with Gasteiger partial charge in [-0.25, -0.2) is 4.98 Å². The van der Waals surface area contributed by atoms with Crippen molar-refractivity contribution in [3.8, 4) is 6.07 Å². The molecule has 0 aliphatic rings. The second-order valence-corrected chi connectivity index (χ2v) is 2.48. The number of nitriles is 1. The number of H-pyrrole nitrogens is 1. The molecule has 1 aromatic heterocycles. The molecule has 2 aromatic rings. The second-order valence-electron chi connectivity index (χ2n) is 2.48. The number of anilines is 1. The van der Waals surface area contributed by atoms with Crippen LogP contribution in [0.5, 0.6) is 0 Å². The number of rotatable bonds is 0. The lowest BCUT2D eigenvalue weighted by atomic mass is 10.2. The van der Waals surface area contributed by atoms with E-state index in [0.29, 0.717) is 16.8 Å². The molecule has 0 bridgehead atoms. The van der Waals surface area contributed by atoms with Crippen LogP contribution in [0, 0.1) is 11.3 Å². The molecule has 0 aliphatic heterocycles. The summed E-state index contributed by atoms with van der Waals surface area (Å²) in [7, 11) is 0. The van der Waals surface area contributed by atoms with Crippen LogP contribution in [0.3, 0.4) is 0 Å². The molecular weight excluding hydrogens is 152 g/mol. The van der Waals surface area contributed by atoms with Crippen LogP contribution in [0.15, 0.2) is 18.5 Å². The molecule has 4 nitrogen and oxygen atoms in total. The Kier molecular flexibility index (Phi) is 1.25. The summed E-state index contributed by atoms with van der Waals surface area (Å²) in [6.45, 7) is 0. The predicted octanol–water partition coefficient (Wildman–Crippen LogP) is 1.02. The lowest BCUT2D eigenvalue weighted by molar-refractivity contribution is 1.34. The third kappa shape index (κ3) is 0.805. The summed E-state index contributed by atoms with van der Waals surface area (Å²) in [6.07, 6.45) is 1.55. The number of benzene rings is 1. The molecule has 0 radical (unpaired) electrons. The average molecular weight is 158 g/mol. The number of aromatic nitrogens is 2. The van der Waals surface area contributed by atoms with Gasteiger partial charge in [-0.3, -0.25) is 0 Å². The van der Waals surface area contributed by atoms with Gasteiger partial charge >= 0.3 is 0 Å². The summed E-state index contributed by atoms with van der Waals surface area (Å²) in [4.78, 5) is 6.89. The minimum Gasteiger partial charge on any atom is -0.399 e. The Hall–Kier alpha value is -2.02. The van der Waals surface area contributed by atoms with E-state index in [-0.39, 0.29) is 0 Å². The van der Waals surface area contributed by atoms with E-state index < -0.39 is 0 Å². The van der Waals surface area contributed by atoms with Crippen molar-refractivity contribution in [1.29, 1.82) is 5.26 Å². The van der Waals surface area contributed by atoms with Gasteiger partial charge in [0.25, 0.3) is 0 Å². The standard InChI is InChI=1S/C8H6N4/c9-3-5-1-6(10)2-7-8(5)12-4-11-7/h1-2,4H,10H2,(H,11,12). The van der Waals surface area contributed by atoms with E-state index in [9.17, 15) is 0 Å². The fraction of sp³-hybridized carbons (Fsp3) is 0. The Bertz CT molecular complexity index is 463. The van der Waals surface area contributed by atoms with Crippen molar-refractivity contribution in [2.75, 3.05) is 5.73 Å². The van der Waals surface area contributed by atoms with Crippen LogP contribution in [0.4, 0.5) is 5.69 Å². The SMILES string of the molecule is N#Cc1cc(N)cc2[nH]cnc12. The number of nitrogens with one attached hydrogen (secondary N) is 1. The molecular formula is C8H6N4. The molecule has 2 rings (SSSR count). The average Bonchev–Trinajstić information content (AvgIpc) is 2.50. The summed E-state index contributed by atoms with van der Waals surface area (Å²) >= 11 is 0. The molecule has 0 spiro atoms. The van der Waals surface area contributed by atoms with Crippen LogP contribution in [0.2, 0.25) is 0 Å². The highest BCUT2D eigenvalue weighted by atomic mass is 14.9. The van der Waals surface area contributed by atoms with E-state index >= 15 is 0 Å². The Balaban J connectivity index is 2.91. The van der Waals surface area contributed by atoms with E-state index in [4.69, 9.17) is 11.0 Å². The maximum Gasteiger partial charge on any atom is 0.106 e. The fourth-order valence-electron chi connectivity index (χ4n) is 1.16. The summed E-state index contributed by atoms with van der Waals surface area (Å²) in [5.41, 5.74) is 8.11. The normalized spacial score (nSPS) is 9.92. The Morgan fingerprint density at radius 1 is 1.50 bits per heavy atom. The van der Waals surface area contributed by atoms with Crippen LogP contribution in [0.1, 0.15) is 5.56 Å². The first kappa shape index (κ1) is 6.68. The molecule has 58 valence electrons. The lowest BCUT2D eigenvalue weighted by Gasteiger charge is -1.94. The number of hydrogen-bond acceptors (Lipinski definition) is 3. The molecule has 0 unspecified atom stereocenters. The van der Waals surface area contributed by atoms with Crippen molar-refractivity contribution in [2.24, 2.45) is 0 Å². The molecule has 4 heteroatoms. The number of nitrogen functional groups attached to an aromatic ring is 1. The molecule has 0 saturated heterocycles. The maximum absolute atomic E-state index is 8.72. The van der Waals surface area contributed by atoms with Gasteiger partial charge < -0.3 is 10.7 Å². The molecule has 0 amide bonds. The first-order chi connectivity index (χ1) is 5.81. The van der Waals surface area contributed by atoms with Gasteiger partial charge in [-0.15, -0.1) is 0 Å². The summed E-state index contributed by atoms with van der Waals surface area (Å²) in [5.74, 6) is 0. The molecule has 0 fully saturated rings. The highest BCUT2D eigenvalue weighted by Crippen LogP contribution is 2.17. The van der Waals surface area contributed by atoms with E-state index in [1.54, 1.807) is 18.5 Å². The Labute approximate surface area is 68.6 Å². The van der Waals surface area contributed by atoms with Crippen molar-refractivity contribution >= 4 is 16.7 Å². The van der Waals surface area contributed by atoms with Crippen molar-refractivity contribution in [3.05, 3.63) is 24.0 Å². The molecule has 0 atom stereocenters. The van der Waals surface area contributed by atoms with Crippen molar-refractivity contribution in [2.45, 2.75) is 0 Å². The van der Waals surface area contributed by atoms with E-state index in [0.717, 1.165) is 5.52 Å². The topological polar surface area (TPSA) is 78.5 Å². The van der Waals surface area contributed by atoms with E-state index in [2.05, 4.69) is 9.97 Å². The third-order valence-electron chi connectivity index (χ3n) is 1.67. The first-order valence-electron chi connectivity index (χ1n) is 3.44. The number of aromatic amines is 1. The summed E-state index contributed by atoms with van der Waals surface area (Å²) in [5, 5.41) is 8.72. The minimum absolute atomic E-state index is 0.506. The maximum atomic E-state index is 8.72. The molecule has 0 aliphatic carbocycles. The number of imidazole rings is 1. The zero-order chi connectivity index (χ0) is 8.55. The van der Waals surface area contributed by atoms with Gasteiger partial charge in [0.05, 0.1) is 17.4 Å². The van der Waals surface area contributed by atoms with Crippen LogP contribution in [0.25, 0.3) is 11.0 Å². The largest absolute Gasteiger partial charge is 0.399 e. The molecule has 1 aromatic carbocycles. The van der Waals surface area contributed by atoms with E-state index in [1.165, 1.54) is 0 Å². The molecule has 1 heterocycles. The Morgan fingerprint density at radius 3 is 3.08 bits per heavy atom.